The van der Waals surface area contributed by atoms with Gasteiger partial charge in [-0.05, 0) is 38.0 Å². The third-order valence-electron chi connectivity index (χ3n) is 4.21. The van der Waals surface area contributed by atoms with Crippen molar-refractivity contribution in [2.75, 3.05) is 6.54 Å². The van der Waals surface area contributed by atoms with Gasteiger partial charge in [-0.2, -0.15) is 0 Å². The van der Waals surface area contributed by atoms with E-state index in [1.165, 1.54) is 6.07 Å². The first-order valence-electron chi connectivity index (χ1n) is 7.35. The van der Waals surface area contributed by atoms with Gasteiger partial charge in [0.1, 0.15) is 0 Å². The Kier molecular flexibility index (Phi) is 4.06. The number of piperidine rings is 1. The largest absolute Gasteiger partial charge is 0.336 e. The average Bonchev–Trinajstić information content (AvgIpc) is 2.46. The number of likely N-dealkylation sites (tertiary alicyclic amines) is 1. The number of benzene rings is 1. The molecule has 2 aromatic rings. The predicted octanol–water partition coefficient (Wildman–Crippen LogP) is 2.24. The Bertz CT molecular complexity index is 787. The van der Waals surface area contributed by atoms with Crippen molar-refractivity contribution in [1.82, 2.24) is 9.88 Å². The van der Waals surface area contributed by atoms with Crippen LogP contribution in [0.25, 0.3) is 10.9 Å². The highest BCUT2D eigenvalue weighted by molar-refractivity contribution is 9.10. The number of carbonyl (C=O) groups excluding carboxylic acids is 1. The van der Waals surface area contributed by atoms with Gasteiger partial charge >= 0.3 is 0 Å². The zero-order valence-corrected chi connectivity index (χ0v) is 13.9. The first-order chi connectivity index (χ1) is 10.5. The van der Waals surface area contributed by atoms with Crippen molar-refractivity contribution in [2.45, 2.75) is 31.8 Å². The Labute approximate surface area is 136 Å². The monoisotopic (exact) mass is 363 g/mol. The highest BCUT2D eigenvalue weighted by atomic mass is 79.9. The molecule has 22 heavy (non-hydrogen) atoms. The fourth-order valence-corrected chi connectivity index (χ4v) is 3.43. The molecule has 0 radical (unpaired) electrons. The van der Waals surface area contributed by atoms with E-state index in [4.69, 9.17) is 5.73 Å². The number of aromatic amines is 1. The second kappa shape index (κ2) is 5.85. The lowest BCUT2D eigenvalue weighted by Crippen LogP contribution is -2.48. The van der Waals surface area contributed by atoms with Gasteiger partial charge in [0.15, 0.2) is 0 Å². The number of H-pyrrole nitrogens is 1. The van der Waals surface area contributed by atoms with Crippen LogP contribution in [0.15, 0.2) is 33.5 Å². The summed E-state index contributed by atoms with van der Waals surface area (Å²) < 4.78 is 0.870. The molecule has 2 heterocycles. The number of hydrogen-bond donors (Lipinski definition) is 2. The lowest BCUT2D eigenvalue weighted by molar-refractivity contribution is 0.0621. The Morgan fingerprint density at radius 2 is 2.18 bits per heavy atom. The van der Waals surface area contributed by atoms with Gasteiger partial charge in [0.25, 0.3) is 5.91 Å². The number of nitrogens with one attached hydrogen (secondary N) is 1. The van der Waals surface area contributed by atoms with Crippen LogP contribution in [0.3, 0.4) is 0 Å². The molecule has 3 N–H and O–H groups in total. The summed E-state index contributed by atoms with van der Waals surface area (Å²) in [6, 6.07) is 7.11. The number of halogens is 1. The van der Waals surface area contributed by atoms with Crippen molar-refractivity contribution < 1.29 is 4.79 Å². The second-order valence-corrected chi connectivity index (χ2v) is 6.78. The molecule has 0 aliphatic carbocycles. The summed E-state index contributed by atoms with van der Waals surface area (Å²) in [7, 11) is 0. The Hall–Kier alpha value is -1.66. The number of hydrogen-bond acceptors (Lipinski definition) is 3. The summed E-state index contributed by atoms with van der Waals surface area (Å²) >= 11 is 3.42. The zero-order chi connectivity index (χ0) is 15.9. The van der Waals surface area contributed by atoms with Crippen LogP contribution in [-0.2, 0) is 0 Å². The van der Waals surface area contributed by atoms with E-state index in [0.29, 0.717) is 17.6 Å². The van der Waals surface area contributed by atoms with E-state index < -0.39 is 0 Å². The highest BCUT2D eigenvalue weighted by Crippen LogP contribution is 2.24. The minimum Gasteiger partial charge on any atom is -0.336 e. The fraction of sp³-hybridized carbons (Fsp3) is 0.375. The van der Waals surface area contributed by atoms with E-state index in [9.17, 15) is 9.59 Å². The first kappa shape index (κ1) is 15.2. The summed E-state index contributed by atoms with van der Waals surface area (Å²) in [6.07, 6.45) is 1.58. The number of nitrogens with two attached hydrogens (primary N) is 1. The second-order valence-electron chi connectivity index (χ2n) is 5.87. The lowest BCUT2D eigenvalue weighted by Gasteiger charge is -2.36. The van der Waals surface area contributed by atoms with Gasteiger partial charge in [0.2, 0.25) is 5.56 Å². The van der Waals surface area contributed by atoms with E-state index in [1.54, 1.807) is 6.07 Å². The summed E-state index contributed by atoms with van der Waals surface area (Å²) in [5, 5.41) is 0.751. The van der Waals surface area contributed by atoms with E-state index in [-0.39, 0.29) is 23.6 Å². The molecule has 1 amide bonds. The van der Waals surface area contributed by atoms with E-state index >= 15 is 0 Å². The highest BCUT2D eigenvalue weighted by Gasteiger charge is 2.28. The third kappa shape index (κ3) is 2.80. The molecular formula is C16H18BrN3O2. The van der Waals surface area contributed by atoms with Crippen molar-refractivity contribution in [2.24, 2.45) is 5.73 Å². The molecule has 6 heteroatoms. The maximum atomic E-state index is 12.9. The molecule has 1 saturated heterocycles. The van der Waals surface area contributed by atoms with Crippen molar-refractivity contribution in [3.8, 4) is 0 Å². The number of carbonyl (C=O) groups is 1. The summed E-state index contributed by atoms with van der Waals surface area (Å²) in [5.41, 5.74) is 6.81. The summed E-state index contributed by atoms with van der Waals surface area (Å²) in [5.74, 6) is -0.103. The molecule has 3 rings (SSSR count). The standard InChI is InChI=1S/C16H18BrN3O2/c1-9-6-11(18)4-5-20(9)16(22)13-8-15(21)19-14-3-2-10(17)7-12(13)14/h2-3,7-9,11H,4-6,18H2,1H3,(H,19,21)/t9-,11+/m1/s1. The van der Waals surface area contributed by atoms with Crippen LogP contribution in [0.1, 0.15) is 30.1 Å². The van der Waals surface area contributed by atoms with Crippen molar-refractivity contribution in [3.05, 3.63) is 44.7 Å². The van der Waals surface area contributed by atoms with Gasteiger partial charge < -0.3 is 15.6 Å². The Morgan fingerprint density at radius 1 is 1.41 bits per heavy atom. The molecule has 1 aliphatic heterocycles. The number of aromatic nitrogens is 1. The molecule has 5 nitrogen and oxygen atoms in total. The molecule has 116 valence electrons. The quantitative estimate of drug-likeness (QED) is 0.815. The van der Waals surface area contributed by atoms with Crippen LogP contribution in [0, 0.1) is 0 Å². The number of fused-ring (bicyclic) bond motifs is 1. The predicted molar refractivity (Wildman–Crippen MR) is 90.0 cm³/mol. The van der Waals surface area contributed by atoms with Gasteiger partial charge in [-0.15, -0.1) is 0 Å². The molecule has 1 aromatic carbocycles. The van der Waals surface area contributed by atoms with Gasteiger partial charge in [-0.3, -0.25) is 9.59 Å². The average molecular weight is 364 g/mol. The summed E-state index contributed by atoms with van der Waals surface area (Å²) in [6.45, 7) is 2.63. The first-order valence-corrected chi connectivity index (χ1v) is 8.14. The van der Waals surface area contributed by atoms with Crippen molar-refractivity contribution in [3.63, 3.8) is 0 Å². The molecule has 1 fully saturated rings. The minimum absolute atomic E-state index is 0.0812. The number of rotatable bonds is 1. The lowest BCUT2D eigenvalue weighted by atomic mass is 9.97. The van der Waals surface area contributed by atoms with Crippen LogP contribution >= 0.6 is 15.9 Å². The van der Waals surface area contributed by atoms with Gasteiger partial charge in [-0.1, -0.05) is 15.9 Å². The Balaban J connectivity index is 2.07. The molecule has 1 aliphatic rings. The fourth-order valence-electron chi connectivity index (χ4n) is 3.07. The molecule has 0 unspecified atom stereocenters. The van der Waals surface area contributed by atoms with Gasteiger partial charge in [0.05, 0.1) is 5.56 Å². The van der Waals surface area contributed by atoms with Crippen molar-refractivity contribution >= 4 is 32.7 Å². The number of pyridine rings is 1. The summed E-state index contributed by atoms with van der Waals surface area (Å²) in [4.78, 5) is 29.3. The normalized spacial score (nSPS) is 22.0. The smallest absolute Gasteiger partial charge is 0.254 e. The Morgan fingerprint density at radius 3 is 2.91 bits per heavy atom. The molecule has 0 bridgehead atoms. The molecular weight excluding hydrogens is 346 g/mol. The molecule has 0 saturated carbocycles. The topological polar surface area (TPSA) is 79.2 Å². The maximum absolute atomic E-state index is 12.9. The van der Waals surface area contributed by atoms with Gasteiger partial charge in [0, 0.05) is 40.1 Å². The third-order valence-corrected chi connectivity index (χ3v) is 4.71. The number of nitrogens with zero attached hydrogens (tertiary/aromatic N) is 1. The molecule has 1 aromatic heterocycles. The van der Waals surface area contributed by atoms with E-state index in [1.807, 2.05) is 24.0 Å². The minimum atomic E-state index is -0.264. The van der Waals surface area contributed by atoms with Crippen LogP contribution in [0.5, 0.6) is 0 Å². The van der Waals surface area contributed by atoms with Gasteiger partial charge in [-0.25, -0.2) is 0 Å². The van der Waals surface area contributed by atoms with Crippen LogP contribution in [0.4, 0.5) is 0 Å². The number of amides is 1. The SMILES string of the molecule is C[C@@H]1C[C@@H](N)CCN1C(=O)c1cc(=O)[nH]c2ccc(Br)cc12. The van der Waals surface area contributed by atoms with Crippen LogP contribution in [0.2, 0.25) is 0 Å². The van der Waals surface area contributed by atoms with E-state index in [2.05, 4.69) is 20.9 Å². The van der Waals surface area contributed by atoms with Crippen molar-refractivity contribution in [1.29, 1.82) is 0 Å². The van der Waals surface area contributed by atoms with Crippen LogP contribution < -0.4 is 11.3 Å². The zero-order valence-electron chi connectivity index (χ0n) is 12.3. The van der Waals surface area contributed by atoms with E-state index in [0.717, 1.165) is 22.7 Å². The van der Waals surface area contributed by atoms with Crippen LogP contribution in [-0.4, -0.2) is 34.4 Å². The maximum Gasteiger partial charge on any atom is 0.254 e. The molecule has 0 spiro atoms. The molecule has 2 atom stereocenters.